The Morgan fingerprint density at radius 1 is 1.32 bits per heavy atom. The summed E-state index contributed by atoms with van der Waals surface area (Å²) in [5.41, 5.74) is 10.3. The molecule has 0 aliphatic carbocycles. The highest BCUT2D eigenvalue weighted by atomic mass is 31.2. The summed E-state index contributed by atoms with van der Waals surface area (Å²) in [7, 11) is -4.26. The van der Waals surface area contributed by atoms with Gasteiger partial charge in [0.15, 0.2) is 17.4 Å². The number of para-hydroxylation sites is 1. The topological polar surface area (TPSA) is 206 Å². The first-order chi connectivity index (χ1) is 19.4. The highest BCUT2D eigenvalue weighted by Crippen LogP contribution is 2.47. The smallest absolute Gasteiger partial charge is 0.459 e. The van der Waals surface area contributed by atoms with Crippen LogP contribution in [-0.2, 0) is 23.4 Å². The number of nitrogens with zero attached hydrogens (tertiary/aromatic N) is 2. The number of anilines is 1. The van der Waals surface area contributed by atoms with E-state index in [0.717, 1.165) is 0 Å². The number of nitrogen functional groups attached to an aromatic ring is 1. The second-order valence-electron chi connectivity index (χ2n) is 9.73. The van der Waals surface area contributed by atoms with Crippen LogP contribution >= 0.6 is 7.75 Å². The van der Waals surface area contributed by atoms with E-state index in [1.165, 1.54) is 23.8 Å². The molecule has 3 aromatic rings. The molecule has 15 heteroatoms. The SMILES string of the molecule is CC#CC1(N)[C@@H](O)[C@@H](COP(=O)(N[C@@H](C)C(=O)OC(C)C)Oc2ccccc2)O[C@H]1n1ccc2c(=O)[nH]c(N)nc21. The molecule has 41 heavy (non-hydrogen) atoms. The molecule has 1 aliphatic heterocycles. The lowest BCUT2D eigenvalue weighted by Gasteiger charge is -2.28. The van der Waals surface area contributed by atoms with Crippen molar-refractivity contribution in [3.05, 3.63) is 52.9 Å². The van der Waals surface area contributed by atoms with Gasteiger partial charge in [-0.25, -0.2) is 4.57 Å². The third-order valence-corrected chi connectivity index (χ3v) is 7.83. The van der Waals surface area contributed by atoms with Gasteiger partial charge in [-0.15, -0.1) is 5.92 Å². The molecule has 2 aromatic heterocycles. The molecule has 0 saturated carbocycles. The van der Waals surface area contributed by atoms with E-state index in [2.05, 4.69) is 26.9 Å². The van der Waals surface area contributed by atoms with Gasteiger partial charge in [-0.3, -0.25) is 19.1 Å². The number of rotatable bonds is 10. The standard InChI is InChI=1S/C26H33N6O8P/c1-5-12-26(28)20(33)19(39-24(26)32-13-11-18-21(32)29-25(27)30-22(18)34)14-37-41(36,40-17-9-7-6-8-10-17)31-16(4)23(35)38-15(2)3/h6-11,13,15-16,19-20,24,33H,14,28H2,1-4H3,(H,31,36)(H3,27,29,30,34)/t16-,19+,20-,24+,26?,41?/m0/s1. The summed E-state index contributed by atoms with van der Waals surface area (Å²) in [6.45, 7) is 5.87. The third-order valence-electron chi connectivity index (χ3n) is 6.18. The highest BCUT2D eigenvalue weighted by Gasteiger charge is 2.55. The van der Waals surface area contributed by atoms with Crippen LogP contribution in [0.4, 0.5) is 5.95 Å². The van der Waals surface area contributed by atoms with Gasteiger partial charge in [0.25, 0.3) is 5.56 Å². The fraction of sp³-hybridized carbons (Fsp3) is 0.423. The molecule has 6 atom stereocenters. The Bertz CT molecular complexity index is 1560. The predicted molar refractivity (Wildman–Crippen MR) is 150 cm³/mol. The molecule has 1 aliphatic rings. The number of H-pyrrole nitrogens is 1. The van der Waals surface area contributed by atoms with E-state index in [9.17, 15) is 19.3 Å². The second-order valence-corrected chi connectivity index (χ2v) is 11.4. The van der Waals surface area contributed by atoms with Crippen molar-refractivity contribution >= 4 is 30.7 Å². The number of ether oxygens (including phenoxy) is 2. The molecule has 4 rings (SSSR count). The largest absolute Gasteiger partial charge is 0.462 e. The lowest BCUT2D eigenvalue weighted by molar-refractivity contribution is -0.149. The van der Waals surface area contributed by atoms with Gasteiger partial charge in [-0.05, 0) is 45.9 Å². The molecule has 1 fully saturated rings. The minimum absolute atomic E-state index is 0.125. The van der Waals surface area contributed by atoms with Gasteiger partial charge in [0.2, 0.25) is 5.95 Å². The molecular formula is C26H33N6O8P. The minimum atomic E-state index is -4.26. The van der Waals surface area contributed by atoms with Crippen molar-refractivity contribution < 1.29 is 33.0 Å². The number of carbonyl (C=O) groups excluding carboxylic acids is 1. The normalized spacial score (nSPS) is 24.4. The number of carbonyl (C=O) groups is 1. The van der Waals surface area contributed by atoms with Crippen LogP contribution in [0.2, 0.25) is 0 Å². The summed E-state index contributed by atoms with van der Waals surface area (Å²) < 4.78 is 38.0. The number of benzene rings is 1. The van der Waals surface area contributed by atoms with Crippen LogP contribution in [0, 0.1) is 11.8 Å². The molecule has 220 valence electrons. The van der Waals surface area contributed by atoms with E-state index in [1.54, 1.807) is 51.1 Å². The quantitative estimate of drug-likeness (QED) is 0.130. The number of hydrogen-bond donors (Lipinski definition) is 5. The van der Waals surface area contributed by atoms with Crippen LogP contribution in [0.3, 0.4) is 0 Å². The monoisotopic (exact) mass is 588 g/mol. The van der Waals surface area contributed by atoms with Crippen molar-refractivity contribution in [3.8, 4) is 17.6 Å². The molecule has 14 nitrogen and oxygen atoms in total. The van der Waals surface area contributed by atoms with Crippen LogP contribution in [-0.4, -0.2) is 62.1 Å². The average molecular weight is 589 g/mol. The fourth-order valence-corrected chi connectivity index (χ4v) is 5.84. The summed E-state index contributed by atoms with van der Waals surface area (Å²) in [4.78, 5) is 31.4. The van der Waals surface area contributed by atoms with E-state index >= 15 is 0 Å². The lowest BCUT2D eigenvalue weighted by atomic mass is 9.91. The maximum Gasteiger partial charge on any atom is 0.459 e. The number of aliphatic hydroxyl groups is 1. The first-order valence-electron chi connectivity index (χ1n) is 12.8. The summed E-state index contributed by atoms with van der Waals surface area (Å²) in [6, 6.07) is 8.64. The predicted octanol–water partition coefficient (Wildman–Crippen LogP) is 1.42. The van der Waals surface area contributed by atoms with Gasteiger partial charge in [0.05, 0.1) is 18.1 Å². The van der Waals surface area contributed by atoms with E-state index in [-0.39, 0.29) is 22.7 Å². The van der Waals surface area contributed by atoms with Gasteiger partial charge in [0, 0.05) is 6.20 Å². The van der Waals surface area contributed by atoms with Crippen molar-refractivity contribution in [3.63, 3.8) is 0 Å². The van der Waals surface area contributed by atoms with E-state index in [4.69, 9.17) is 30.0 Å². The average Bonchev–Trinajstić information content (AvgIpc) is 3.42. The Balaban J connectivity index is 1.62. The maximum absolute atomic E-state index is 13.9. The number of aromatic amines is 1. The van der Waals surface area contributed by atoms with E-state index in [1.807, 2.05) is 0 Å². The molecular weight excluding hydrogens is 555 g/mol. The van der Waals surface area contributed by atoms with Crippen LogP contribution in [0.25, 0.3) is 11.0 Å². The van der Waals surface area contributed by atoms with Crippen LogP contribution in [0.5, 0.6) is 5.75 Å². The second kappa shape index (κ2) is 12.0. The molecule has 7 N–H and O–H groups in total. The van der Waals surface area contributed by atoms with E-state index in [0.29, 0.717) is 0 Å². The summed E-state index contributed by atoms with van der Waals surface area (Å²) in [5, 5.41) is 14.1. The highest BCUT2D eigenvalue weighted by molar-refractivity contribution is 7.52. The molecule has 2 unspecified atom stereocenters. The Hall–Kier alpha value is -3.70. The van der Waals surface area contributed by atoms with Crippen molar-refractivity contribution in [1.82, 2.24) is 19.6 Å². The molecule has 0 radical (unpaired) electrons. The molecule has 0 amide bonds. The summed E-state index contributed by atoms with van der Waals surface area (Å²) >= 11 is 0. The molecule has 3 heterocycles. The molecule has 0 spiro atoms. The van der Waals surface area contributed by atoms with Crippen molar-refractivity contribution in [2.75, 3.05) is 12.3 Å². The number of hydrogen-bond acceptors (Lipinski definition) is 11. The van der Waals surface area contributed by atoms with Crippen molar-refractivity contribution in [2.45, 2.75) is 63.8 Å². The molecule has 1 aromatic carbocycles. The fourth-order valence-electron chi connectivity index (χ4n) is 4.34. The zero-order valence-electron chi connectivity index (χ0n) is 22.9. The number of fused-ring (bicyclic) bond motifs is 1. The Kier molecular flexibility index (Phi) is 8.89. The summed E-state index contributed by atoms with van der Waals surface area (Å²) in [5.74, 6) is 4.90. The third kappa shape index (κ3) is 6.46. The summed E-state index contributed by atoms with van der Waals surface area (Å²) in [6.07, 6.45) is -2.66. The van der Waals surface area contributed by atoms with Crippen LogP contribution in [0.15, 0.2) is 47.4 Å². The van der Waals surface area contributed by atoms with Gasteiger partial charge in [0.1, 0.15) is 24.0 Å². The van der Waals surface area contributed by atoms with Crippen LogP contribution < -0.4 is 26.6 Å². The van der Waals surface area contributed by atoms with Gasteiger partial charge in [-0.2, -0.15) is 10.1 Å². The van der Waals surface area contributed by atoms with Gasteiger partial charge in [-0.1, -0.05) is 24.1 Å². The number of nitrogens with one attached hydrogen (secondary N) is 2. The maximum atomic E-state index is 13.9. The molecule has 1 saturated heterocycles. The number of aromatic nitrogens is 3. The Morgan fingerprint density at radius 2 is 2.02 bits per heavy atom. The zero-order valence-corrected chi connectivity index (χ0v) is 23.8. The van der Waals surface area contributed by atoms with Gasteiger partial charge < -0.3 is 35.1 Å². The lowest BCUT2D eigenvalue weighted by Crippen LogP contribution is -2.53. The van der Waals surface area contributed by atoms with Crippen molar-refractivity contribution in [2.24, 2.45) is 5.73 Å². The molecule has 0 bridgehead atoms. The number of esters is 1. The van der Waals surface area contributed by atoms with Gasteiger partial charge >= 0.3 is 13.7 Å². The van der Waals surface area contributed by atoms with Crippen molar-refractivity contribution in [1.29, 1.82) is 0 Å². The number of aliphatic hydroxyl groups excluding tert-OH is 1. The Labute approximate surface area is 235 Å². The Morgan fingerprint density at radius 3 is 2.68 bits per heavy atom. The first-order valence-corrected chi connectivity index (χ1v) is 14.3. The first kappa shape index (κ1) is 30.3. The van der Waals surface area contributed by atoms with E-state index < -0.39 is 62.0 Å². The zero-order chi connectivity index (χ0) is 29.9. The minimum Gasteiger partial charge on any atom is -0.462 e. The van der Waals surface area contributed by atoms with Crippen LogP contribution in [0.1, 0.15) is 33.9 Å². The number of nitrogens with two attached hydrogens (primary N) is 2.